The molecule has 0 saturated heterocycles. The molecular formula is C76H52N4. The van der Waals surface area contributed by atoms with Gasteiger partial charge < -0.3 is 0 Å². The highest BCUT2D eigenvalue weighted by atomic mass is 15.1. The van der Waals surface area contributed by atoms with Crippen LogP contribution in [0.4, 0.5) is 0 Å². The fourth-order valence-corrected chi connectivity index (χ4v) is 11.6. The van der Waals surface area contributed by atoms with E-state index in [2.05, 4.69) is 325 Å². The van der Waals surface area contributed by atoms with Gasteiger partial charge in [0.25, 0.3) is 0 Å². The maximum Gasteiger partial charge on any atom is 0.145 e. The summed E-state index contributed by atoms with van der Waals surface area (Å²) in [5, 5.41) is 2.37. The average molecular weight is 1020 g/mol. The van der Waals surface area contributed by atoms with Crippen molar-refractivity contribution in [1.82, 2.24) is 19.1 Å². The summed E-state index contributed by atoms with van der Waals surface area (Å²) in [4.78, 5) is 11.2. The first-order valence-corrected chi connectivity index (χ1v) is 27.2. The summed E-state index contributed by atoms with van der Waals surface area (Å²) in [6.07, 6.45) is 0. The molecule has 0 fully saturated rings. The molecule has 0 unspecified atom stereocenters. The third-order valence-corrected chi connectivity index (χ3v) is 15.2. The number of hydrogen-bond donors (Lipinski definition) is 0. The maximum atomic E-state index is 5.59. The fraction of sp³-hybridized carbons (Fsp3) is 0. The van der Waals surface area contributed by atoms with Gasteiger partial charge >= 0.3 is 0 Å². The molecule has 2 heterocycles. The average Bonchev–Trinajstić information content (AvgIpc) is 4.25. The normalized spacial score (nSPS) is 11.2. The molecular weight excluding hydrogens is 969 g/mol. The molecule has 12 aromatic carbocycles. The maximum absolute atomic E-state index is 5.59. The molecule has 0 aliphatic carbocycles. The van der Waals surface area contributed by atoms with Crippen LogP contribution in [0, 0.1) is 0 Å². The molecule has 4 nitrogen and oxygen atoms in total. The van der Waals surface area contributed by atoms with Gasteiger partial charge in [0.05, 0.1) is 22.8 Å². The molecule has 0 atom stereocenters. The van der Waals surface area contributed by atoms with Gasteiger partial charge in [0.1, 0.15) is 11.6 Å². The Bertz CT molecular complexity index is 4130. The molecule has 0 aliphatic rings. The lowest BCUT2D eigenvalue weighted by Gasteiger charge is -2.24. The number of aromatic nitrogens is 4. The Morgan fingerprint density at radius 3 is 0.738 bits per heavy atom. The van der Waals surface area contributed by atoms with E-state index in [1.54, 1.807) is 0 Å². The van der Waals surface area contributed by atoms with Gasteiger partial charge in [-0.15, -0.1) is 0 Å². The van der Waals surface area contributed by atoms with Crippen LogP contribution in [-0.4, -0.2) is 19.1 Å². The van der Waals surface area contributed by atoms with E-state index in [1.807, 2.05) is 0 Å². The predicted octanol–water partition coefficient (Wildman–Crippen LogP) is 19.9. The summed E-state index contributed by atoms with van der Waals surface area (Å²) >= 11 is 0. The first kappa shape index (κ1) is 47.7. The molecule has 376 valence electrons. The summed E-state index contributed by atoms with van der Waals surface area (Å²) < 4.78 is 4.65. The van der Waals surface area contributed by atoms with Crippen molar-refractivity contribution in [3.05, 3.63) is 315 Å². The molecule has 80 heavy (non-hydrogen) atoms. The van der Waals surface area contributed by atoms with E-state index in [0.29, 0.717) is 0 Å². The van der Waals surface area contributed by atoms with Crippen LogP contribution in [0.15, 0.2) is 315 Å². The number of para-hydroxylation sites is 2. The predicted molar refractivity (Wildman–Crippen MR) is 333 cm³/mol. The van der Waals surface area contributed by atoms with Crippen molar-refractivity contribution in [2.24, 2.45) is 0 Å². The molecule has 0 radical (unpaired) electrons. The van der Waals surface area contributed by atoms with Gasteiger partial charge in [-0.1, -0.05) is 291 Å². The van der Waals surface area contributed by atoms with Crippen molar-refractivity contribution >= 4 is 10.8 Å². The molecule has 0 N–H and O–H groups in total. The quantitative estimate of drug-likeness (QED) is 0.122. The topological polar surface area (TPSA) is 35.6 Å². The summed E-state index contributed by atoms with van der Waals surface area (Å²) in [5.41, 5.74) is 21.5. The molecule has 0 spiro atoms. The van der Waals surface area contributed by atoms with Crippen molar-refractivity contribution < 1.29 is 0 Å². The highest BCUT2D eigenvalue weighted by Crippen LogP contribution is 2.52. The monoisotopic (exact) mass is 1020 g/mol. The molecule has 0 bridgehead atoms. The number of imidazole rings is 2. The number of benzene rings is 12. The second-order valence-electron chi connectivity index (χ2n) is 20.0. The molecule has 14 rings (SSSR count). The Hall–Kier alpha value is -10.7. The Morgan fingerprint density at radius 1 is 0.188 bits per heavy atom. The van der Waals surface area contributed by atoms with Gasteiger partial charge in [-0.2, -0.15) is 0 Å². The third kappa shape index (κ3) is 8.72. The number of hydrogen-bond acceptors (Lipinski definition) is 2. The number of nitrogens with zero attached hydrogens (tertiary/aromatic N) is 4. The highest BCUT2D eigenvalue weighted by Gasteiger charge is 2.28. The van der Waals surface area contributed by atoms with Gasteiger partial charge in [0.2, 0.25) is 0 Å². The van der Waals surface area contributed by atoms with Crippen LogP contribution < -0.4 is 0 Å². The van der Waals surface area contributed by atoms with Gasteiger partial charge in [-0.05, 0) is 79.5 Å². The van der Waals surface area contributed by atoms with Gasteiger partial charge in [0, 0.05) is 44.8 Å². The second-order valence-corrected chi connectivity index (χ2v) is 20.0. The number of fused-ring (bicyclic) bond motifs is 1. The minimum absolute atomic E-state index is 0.864. The Balaban J connectivity index is 1.01. The molecule has 0 aliphatic heterocycles. The standard InChI is InChI=1S/C76H52N4/c1-9-27-53(28-10-1)67-65-43-25-26-44-66(65)68(54-29-11-2-12-30-54)70(56-47-51-62(52-48-56)76-78-72(58-33-15-4-16-34-58)74(60-37-19-6-20-38-60)80(76)64-41-23-8-24-42-64)69(67)55-45-49-61(50-46-55)75-77-71(57-31-13-3-14-32-57)73(59-35-17-5-18-36-59)79(75)63-39-21-7-22-40-63/h1-52H. The second kappa shape index (κ2) is 21.0. The van der Waals surface area contributed by atoms with Crippen molar-refractivity contribution in [1.29, 1.82) is 0 Å². The zero-order valence-corrected chi connectivity index (χ0v) is 43.8. The van der Waals surface area contributed by atoms with Gasteiger partial charge in [-0.25, -0.2) is 9.97 Å². The molecule has 2 aromatic heterocycles. The minimum Gasteiger partial charge on any atom is -0.292 e. The molecule has 4 heteroatoms. The highest BCUT2D eigenvalue weighted by molar-refractivity contribution is 6.18. The lowest BCUT2D eigenvalue weighted by atomic mass is 9.79. The van der Waals surface area contributed by atoms with Crippen LogP contribution in [0.3, 0.4) is 0 Å². The third-order valence-electron chi connectivity index (χ3n) is 15.2. The minimum atomic E-state index is 0.864. The van der Waals surface area contributed by atoms with E-state index in [9.17, 15) is 0 Å². The Morgan fingerprint density at radius 2 is 0.425 bits per heavy atom. The van der Waals surface area contributed by atoms with E-state index in [4.69, 9.17) is 9.97 Å². The first-order chi connectivity index (χ1) is 39.7. The van der Waals surface area contributed by atoms with E-state index < -0.39 is 0 Å². The van der Waals surface area contributed by atoms with Crippen LogP contribution in [0.5, 0.6) is 0 Å². The fourth-order valence-electron chi connectivity index (χ4n) is 11.6. The van der Waals surface area contributed by atoms with Crippen LogP contribution in [0.1, 0.15) is 0 Å². The van der Waals surface area contributed by atoms with E-state index in [-0.39, 0.29) is 0 Å². The van der Waals surface area contributed by atoms with Crippen molar-refractivity contribution in [2.45, 2.75) is 0 Å². The summed E-state index contributed by atoms with van der Waals surface area (Å²) in [6.45, 7) is 0. The van der Waals surface area contributed by atoms with Crippen LogP contribution in [0.25, 0.3) is 134 Å². The Labute approximate surface area is 466 Å². The molecule has 0 amide bonds. The lowest BCUT2D eigenvalue weighted by Crippen LogP contribution is -2.01. The summed E-state index contributed by atoms with van der Waals surface area (Å²) in [5.74, 6) is 1.73. The van der Waals surface area contributed by atoms with Crippen LogP contribution in [0.2, 0.25) is 0 Å². The van der Waals surface area contributed by atoms with Crippen molar-refractivity contribution in [3.8, 4) is 124 Å². The van der Waals surface area contributed by atoms with Crippen molar-refractivity contribution in [2.75, 3.05) is 0 Å². The van der Waals surface area contributed by atoms with Crippen LogP contribution >= 0.6 is 0 Å². The lowest BCUT2D eigenvalue weighted by molar-refractivity contribution is 1.07. The molecule has 0 saturated carbocycles. The zero-order valence-electron chi connectivity index (χ0n) is 43.8. The Kier molecular flexibility index (Phi) is 12.6. The summed E-state index contributed by atoms with van der Waals surface area (Å²) in [6, 6.07) is 113. The SMILES string of the molecule is c1ccc(-c2nc(-c3ccc(-c4c(-c5ccc(-c6nc(-c7ccccc7)c(-c7ccccc7)n6-c6ccccc6)cc5)c(-c5ccccc5)c5ccccc5c4-c4ccccc4)cc3)n(-c3ccccc3)c2-c2ccccc2)cc1. The molecule has 14 aromatic rings. The van der Waals surface area contributed by atoms with Crippen molar-refractivity contribution in [3.63, 3.8) is 0 Å². The first-order valence-electron chi connectivity index (χ1n) is 27.2. The van der Waals surface area contributed by atoms with E-state index in [1.165, 1.54) is 21.9 Å². The van der Waals surface area contributed by atoms with Gasteiger partial charge in [-0.3, -0.25) is 9.13 Å². The van der Waals surface area contributed by atoms with E-state index >= 15 is 0 Å². The largest absolute Gasteiger partial charge is 0.292 e. The number of rotatable bonds is 12. The van der Waals surface area contributed by atoms with Crippen LogP contribution in [-0.2, 0) is 0 Å². The zero-order chi connectivity index (χ0) is 53.2. The smallest absolute Gasteiger partial charge is 0.145 e. The van der Waals surface area contributed by atoms with E-state index in [0.717, 1.165) is 113 Å². The summed E-state index contributed by atoms with van der Waals surface area (Å²) in [7, 11) is 0. The van der Waals surface area contributed by atoms with Gasteiger partial charge in [0.15, 0.2) is 0 Å².